The zero-order chi connectivity index (χ0) is 15.8. The molecule has 0 N–H and O–H groups in total. The van der Waals surface area contributed by atoms with Gasteiger partial charge in [-0.05, 0) is 47.4 Å². The van der Waals surface area contributed by atoms with E-state index in [1.165, 1.54) is 21.2 Å². The van der Waals surface area contributed by atoms with Crippen LogP contribution in [0.4, 0.5) is 4.39 Å². The molecular formula is C19H20BrFN2. The summed E-state index contributed by atoms with van der Waals surface area (Å²) < 4.78 is 14.1. The van der Waals surface area contributed by atoms with Crippen molar-refractivity contribution in [2.75, 3.05) is 19.6 Å². The number of benzene rings is 2. The molecule has 0 aliphatic carbocycles. The minimum absolute atomic E-state index is 0.158. The van der Waals surface area contributed by atoms with Gasteiger partial charge in [-0.15, -0.1) is 0 Å². The van der Waals surface area contributed by atoms with Gasteiger partial charge in [-0.25, -0.2) is 4.39 Å². The zero-order valence-corrected chi connectivity index (χ0v) is 14.6. The second-order valence-electron chi connectivity index (χ2n) is 6.61. The Morgan fingerprint density at radius 1 is 1.04 bits per heavy atom. The Hall–Kier alpha value is -1.23. The first kappa shape index (κ1) is 15.3. The molecule has 2 aromatic carbocycles. The molecule has 0 atom stereocenters. The van der Waals surface area contributed by atoms with Gasteiger partial charge >= 0.3 is 0 Å². The van der Waals surface area contributed by atoms with Gasteiger partial charge in [0.15, 0.2) is 0 Å². The summed E-state index contributed by atoms with van der Waals surface area (Å²) in [5.74, 6) is -0.158. The molecular weight excluding hydrogens is 355 g/mol. The molecule has 0 spiro atoms. The van der Waals surface area contributed by atoms with E-state index in [4.69, 9.17) is 0 Å². The lowest BCUT2D eigenvalue weighted by molar-refractivity contribution is 0.0209. The average Bonchev–Trinajstić information content (AvgIpc) is 2.52. The molecule has 23 heavy (non-hydrogen) atoms. The third-order valence-electron chi connectivity index (χ3n) is 4.98. The maximum Gasteiger partial charge on any atom is 0.123 e. The first-order valence-corrected chi connectivity index (χ1v) is 8.95. The summed E-state index contributed by atoms with van der Waals surface area (Å²) in [7, 11) is 0. The van der Waals surface area contributed by atoms with E-state index in [1.54, 1.807) is 12.1 Å². The lowest BCUT2D eigenvalue weighted by Crippen LogP contribution is -2.59. The molecule has 0 saturated carbocycles. The van der Waals surface area contributed by atoms with E-state index in [2.05, 4.69) is 43.9 Å². The monoisotopic (exact) mass is 374 g/mol. The van der Waals surface area contributed by atoms with Gasteiger partial charge in [0.1, 0.15) is 5.82 Å². The maximum absolute atomic E-state index is 12.9. The third kappa shape index (κ3) is 3.35. The summed E-state index contributed by atoms with van der Waals surface area (Å²) in [6.07, 6.45) is 1.14. The molecule has 2 aliphatic rings. The van der Waals surface area contributed by atoms with E-state index in [0.717, 1.165) is 39.1 Å². The topological polar surface area (TPSA) is 6.48 Å². The van der Waals surface area contributed by atoms with Gasteiger partial charge in [0.25, 0.3) is 0 Å². The third-order valence-corrected chi connectivity index (χ3v) is 5.48. The van der Waals surface area contributed by atoms with Gasteiger partial charge in [-0.3, -0.25) is 9.80 Å². The van der Waals surface area contributed by atoms with Crippen LogP contribution in [0.15, 0.2) is 46.9 Å². The molecule has 1 saturated heterocycles. The minimum atomic E-state index is -0.158. The SMILES string of the molecule is Fc1ccc(CN2CC(N3CCc4cc(Br)ccc4C3)C2)cc1. The van der Waals surface area contributed by atoms with Crippen LogP contribution < -0.4 is 0 Å². The molecule has 0 unspecified atom stereocenters. The Balaban J connectivity index is 1.32. The second kappa shape index (κ2) is 6.34. The van der Waals surface area contributed by atoms with Crippen LogP contribution in [0.2, 0.25) is 0 Å². The number of hydrogen-bond acceptors (Lipinski definition) is 2. The number of likely N-dealkylation sites (tertiary alicyclic amines) is 1. The van der Waals surface area contributed by atoms with Crippen molar-refractivity contribution in [3.63, 3.8) is 0 Å². The predicted molar refractivity (Wildman–Crippen MR) is 93.7 cm³/mol. The van der Waals surface area contributed by atoms with Crippen LogP contribution in [0, 0.1) is 5.82 Å². The fourth-order valence-corrected chi connectivity index (χ4v) is 4.01. The van der Waals surface area contributed by atoms with E-state index in [0.29, 0.717) is 6.04 Å². The second-order valence-corrected chi connectivity index (χ2v) is 7.52. The number of hydrogen-bond donors (Lipinski definition) is 0. The lowest BCUT2D eigenvalue weighted by Gasteiger charge is -2.47. The molecule has 2 nitrogen and oxygen atoms in total. The minimum Gasteiger partial charge on any atom is -0.296 e. The van der Waals surface area contributed by atoms with Gasteiger partial charge in [0.05, 0.1) is 0 Å². The van der Waals surface area contributed by atoms with Crippen molar-refractivity contribution in [1.82, 2.24) is 9.80 Å². The van der Waals surface area contributed by atoms with Crippen molar-refractivity contribution in [3.05, 3.63) is 69.4 Å². The Morgan fingerprint density at radius 3 is 2.61 bits per heavy atom. The summed E-state index contributed by atoms with van der Waals surface area (Å²) in [6.45, 7) is 5.37. The standard InChI is InChI=1S/C19H20BrFN2/c20-17-4-3-16-11-23(8-7-15(16)9-17)19-12-22(13-19)10-14-1-5-18(21)6-2-14/h1-6,9,19H,7-8,10-13H2. The van der Waals surface area contributed by atoms with Crippen molar-refractivity contribution in [1.29, 1.82) is 0 Å². The van der Waals surface area contributed by atoms with Crippen LogP contribution in [0.25, 0.3) is 0 Å². The van der Waals surface area contributed by atoms with E-state index in [-0.39, 0.29) is 5.82 Å². The Labute approximate surface area is 145 Å². The molecule has 0 bridgehead atoms. The summed E-state index contributed by atoms with van der Waals surface area (Å²) in [4.78, 5) is 5.05. The van der Waals surface area contributed by atoms with Gasteiger partial charge in [-0.1, -0.05) is 34.1 Å². The van der Waals surface area contributed by atoms with E-state index in [1.807, 2.05) is 12.1 Å². The largest absolute Gasteiger partial charge is 0.296 e. The Morgan fingerprint density at radius 2 is 1.83 bits per heavy atom. The van der Waals surface area contributed by atoms with Gasteiger partial charge < -0.3 is 0 Å². The van der Waals surface area contributed by atoms with Crippen molar-refractivity contribution in [2.45, 2.75) is 25.6 Å². The van der Waals surface area contributed by atoms with Crippen molar-refractivity contribution in [3.8, 4) is 0 Å². The average molecular weight is 375 g/mol. The van der Waals surface area contributed by atoms with Crippen LogP contribution in [0.5, 0.6) is 0 Å². The summed E-state index contributed by atoms with van der Waals surface area (Å²) >= 11 is 3.56. The smallest absolute Gasteiger partial charge is 0.123 e. The van der Waals surface area contributed by atoms with Gasteiger partial charge in [0.2, 0.25) is 0 Å². The summed E-state index contributed by atoms with van der Waals surface area (Å²) in [6, 6.07) is 14.2. The van der Waals surface area contributed by atoms with Crippen molar-refractivity contribution in [2.24, 2.45) is 0 Å². The molecule has 0 radical (unpaired) electrons. The van der Waals surface area contributed by atoms with Gasteiger partial charge in [0, 0.05) is 43.2 Å². The quantitative estimate of drug-likeness (QED) is 0.805. The van der Waals surface area contributed by atoms with Crippen molar-refractivity contribution < 1.29 is 4.39 Å². The Kier molecular flexibility index (Phi) is 4.22. The maximum atomic E-state index is 12.9. The van der Waals surface area contributed by atoms with E-state index in [9.17, 15) is 4.39 Å². The van der Waals surface area contributed by atoms with Gasteiger partial charge in [-0.2, -0.15) is 0 Å². The Bertz CT molecular complexity index is 695. The highest BCUT2D eigenvalue weighted by Crippen LogP contribution is 2.27. The van der Waals surface area contributed by atoms with E-state index >= 15 is 0 Å². The van der Waals surface area contributed by atoms with Crippen LogP contribution in [0.1, 0.15) is 16.7 Å². The summed E-state index contributed by atoms with van der Waals surface area (Å²) in [5, 5.41) is 0. The summed E-state index contributed by atoms with van der Waals surface area (Å²) in [5.41, 5.74) is 4.15. The van der Waals surface area contributed by atoms with Crippen LogP contribution in [-0.4, -0.2) is 35.5 Å². The van der Waals surface area contributed by atoms with Crippen LogP contribution in [0.3, 0.4) is 0 Å². The normalized spacial score (nSPS) is 19.4. The molecule has 4 heteroatoms. The zero-order valence-electron chi connectivity index (χ0n) is 13.0. The fourth-order valence-electron chi connectivity index (χ4n) is 3.61. The first-order valence-electron chi connectivity index (χ1n) is 8.15. The highest BCUT2D eigenvalue weighted by molar-refractivity contribution is 9.10. The molecule has 1 fully saturated rings. The highest BCUT2D eigenvalue weighted by Gasteiger charge is 2.33. The molecule has 0 amide bonds. The fraction of sp³-hybridized carbons (Fsp3) is 0.368. The lowest BCUT2D eigenvalue weighted by atomic mass is 9.96. The van der Waals surface area contributed by atoms with E-state index < -0.39 is 0 Å². The van der Waals surface area contributed by atoms with Crippen molar-refractivity contribution >= 4 is 15.9 Å². The molecule has 120 valence electrons. The molecule has 2 heterocycles. The number of halogens is 2. The molecule has 2 aliphatic heterocycles. The predicted octanol–water partition coefficient (Wildman–Crippen LogP) is 3.83. The number of nitrogens with zero attached hydrogens (tertiary/aromatic N) is 2. The van der Waals surface area contributed by atoms with Crippen LogP contribution in [-0.2, 0) is 19.5 Å². The molecule has 4 rings (SSSR count). The van der Waals surface area contributed by atoms with Crippen LogP contribution >= 0.6 is 15.9 Å². The first-order chi connectivity index (χ1) is 11.2. The number of rotatable bonds is 3. The number of fused-ring (bicyclic) bond motifs is 1. The highest BCUT2D eigenvalue weighted by atomic mass is 79.9. The molecule has 0 aromatic heterocycles. The molecule has 2 aromatic rings.